The zero-order chi connectivity index (χ0) is 27.8. The van der Waals surface area contributed by atoms with E-state index in [-0.39, 0.29) is 11.5 Å². The van der Waals surface area contributed by atoms with E-state index >= 15 is 0 Å². The molecule has 7 N–H and O–H groups in total. The van der Waals surface area contributed by atoms with Crippen molar-refractivity contribution in [3.8, 4) is 0 Å². The summed E-state index contributed by atoms with van der Waals surface area (Å²) in [7, 11) is 0. The number of benzene rings is 2. The minimum atomic E-state index is -1.69. The minimum Gasteiger partial charge on any atom is -0.482 e. The first kappa shape index (κ1) is 27.9. The number of nitrogens with one attached hydrogen (secondary N) is 2. The van der Waals surface area contributed by atoms with Crippen molar-refractivity contribution in [2.45, 2.75) is 63.4 Å². The smallest absolute Gasteiger partial charge is 0.260 e. The molecule has 204 valence electrons. The van der Waals surface area contributed by atoms with E-state index in [9.17, 15) is 29.6 Å². The zero-order valence-corrected chi connectivity index (χ0v) is 21.4. The van der Waals surface area contributed by atoms with Gasteiger partial charge in [0, 0.05) is 29.4 Å². The Balaban J connectivity index is 1.48. The molecule has 2 aliphatic heterocycles. The second-order valence-corrected chi connectivity index (χ2v) is 10.1. The van der Waals surface area contributed by atoms with Crippen LogP contribution in [0.4, 0.5) is 10.1 Å². The van der Waals surface area contributed by atoms with Crippen LogP contribution in [0.2, 0.25) is 0 Å². The lowest BCUT2D eigenvalue weighted by Gasteiger charge is -2.29. The Bertz CT molecular complexity index is 1260. The van der Waals surface area contributed by atoms with E-state index in [0.717, 1.165) is 16.7 Å². The summed E-state index contributed by atoms with van der Waals surface area (Å²) in [5.74, 6) is -0.429. The standard InChI is InChI=1S/C28H33FN2O7/c1-14(24(34)26(36)25(35)21(33)13-32)30-12-15-4-6-16(7-5-15)19-11-22(38-28(19,2)3)23-18-10-17(29)8-9-20(18)31-27(23)37/h4-11,14,21,24-26,30,32-36H,12-13H2,1-3H3,(H,31,37)/b23-22+/t14?,21-,24+,25+,26-/m1/s1. The maximum atomic E-state index is 13.9. The molecule has 0 spiro atoms. The summed E-state index contributed by atoms with van der Waals surface area (Å²) in [6, 6.07) is 11.1. The molecule has 0 saturated carbocycles. The number of anilines is 1. The van der Waals surface area contributed by atoms with Crippen LogP contribution in [-0.2, 0) is 16.1 Å². The van der Waals surface area contributed by atoms with E-state index in [1.165, 1.54) is 18.2 Å². The van der Waals surface area contributed by atoms with Gasteiger partial charge in [-0.15, -0.1) is 0 Å². The summed E-state index contributed by atoms with van der Waals surface area (Å²) in [5, 5.41) is 54.4. The molecule has 5 atom stereocenters. The minimum absolute atomic E-state index is 0.287. The molecule has 0 fully saturated rings. The average molecular weight is 529 g/mol. The highest BCUT2D eigenvalue weighted by Gasteiger charge is 2.38. The second-order valence-electron chi connectivity index (χ2n) is 10.1. The largest absolute Gasteiger partial charge is 0.482 e. The highest BCUT2D eigenvalue weighted by molar-refractivity contribution is 6.32. The maximum absolute atomic E-state index is 13.9. The van der Waals surface area contributed by atoms with Crippen LogP contribution < -0.4 is 10.6 Å². The first-order valence-electron chi connectivity index (χ1n) is 12.4. The summed E-state index contributed by atoms with van der Waals surface area (Å²) in [4.78, 5) is 12.7. The molecule has 0 aliphatic carbocycles. The topological polar surface area (TPSA) is 152 Å². The molecule has 9 nitrogen and oxygen atoms in total. The quantitative estimate of drug-likeness (QED) is 0.241. The molecule has 0 radical (unpaired) electrons. The molecule has 10 heteroatoms. The number of aliphatic hydroxyl groups excluding tert-OH is 5. The Labute approximate surface area is 219 Å². The molecular weight excluding hydrogens is 495 g/mol. The third-order valence-electron chi connectivity index (χ3n) is 6.95. The van der Waals surface area contributed by atoms with Crippen molar-refractivity contribution < 1.29 is 39.5 Å². The zero-order valence-electron chi connectivity index (χ0n) is 21.4. The van der Waals surface area contributed by atoms with Crippen molar-refractivity contribution in [2.24, 2.45) is 0 Å². The molecular formula is C28H33FN2O7. The number of hydrogen-bond acceptors (Lipinski definition) is 8. The van der Waals surface area contributed by atoms with Crippen molar-refractivity contribution in [3.05, 3.63) is 76.8 Å². The van der Waals surface area contributed by atoms with E-state index in [0.29, 0.717) is 23.6 Å². The first-order valence-corrected chi connectivity index (χ1v) is 12.4. The van der Waals surface area contributed by atoms with Gasteiger partial charge in [-0.2, -0.15) is 0 Å². The van der Waals surface area contributed by atoms with Gasteiger partial charge < -0.3 is 40.9 Å². The monoisotopic (exact) mass is 528 g/mol. The Morgan fingerprint density at radius 2 is 1.71 bits per heavy atom. The number of carbonyl (C=O) groups excluding carboxylic acids is 1. The lowest BCUT2D eigenvalue weighted by molar-refractivity contribution is -0.120. The van der Waals surface area contributed by atoms with Crippen molar-refractivity contribution in [1.82, 2.24) is 5.32 Å². The van der Waals surface area contributed by atoms with E-state index in [4.69, 9.17) is 9.84 Å². The predicted octanol–water partition coefficient (Wildman–Crippen LogP) is 1.30. The molecule has 0 saturated heterocycles. The fraction of sp³-hybridized carbons (Fsp3) is 0.393. The average Bonchev–Trinajstić information content (AvgIpc) is 3.39. The van der Waals surface area contributed by atoms with Crippen molar-refractivity contribution in [1.29, 1.82) is 0 Å². The normalized spacial score (nSPS) is 22.1. The van der Waals surface area contributed by atoms with Crippen LogP contribution in [0.3, 0.4) is 0 Å². The number of allylic oxidation sites excluding steroid dienone is 1. The molecule has 2 aromatic carbocycles. The van der Waals surface area contributed by atoms with Gasteiger partial charge in [-0.25, -0.2) is 4.39 Å². The fourth-order valence-corrected chi connectivity index (χ4v) is 4.64. The van der Waals surface area contributed by atoms with E-state index in [2.05, 4.69) is 10.6 Å². The third-order valence-corrected chi connectivity index (χ3v) is 6.95. The van der Waals surface area contributed by atoms with Gasteiger partial charge in [-0.1, -0.05) is 24.3 Å². The van der Waals surface area contributed by atoms with Gasteiger partial charge in [-0.05, 0) is 56.2 Å². The number of hydrogen-bond donors (Lipinski definition) is 7. The highest BCUT2D eigenvalue weighted by atomic mass is 19.1. The van der Waals surface area contributed by atoms with E-state index in [1.807, 2.05) is 38.1 Å². The van der Waals surface area contributed by atoms with Crippen molar-refractivity contribution in [3.63, 3.8) is 0 Å². The van der Waals surface area contributed by atoms with Gasteiger partial charge in [0.2, 0.25) is 0 Å². The molecule has 1 unspecified atom stereocenters. The van der Waals surface area contributed by atoms with E-state index < -0.39 is 48.5 Å². The molecule has 4 rings (SSSR count). The molecule has 2 aliphatic rings. The van der Waals surface area contributed by atoms with Crippen molar-refractivity contribution in [2.75, 3.05) is 11.9 Å². The Kier molecular flexibility index (Phi) is 8.03. The summed E-state index contributed by atoms with van der Waals surface area (Å²) in [6.07, 6.45) is -4.48. The number of halogens is 1. The summed E-state index contributed by atoms with van der Waals surface area (Å²) < 4.78 is 20.0. The molecule has 0 bridgehead atoms. The SMILES string of the molecule is CC(NCc1ccc(C2=C/C(=C3\C(=O)Nc4ccc(F)cc43)OC2(C)C)cc1)[C@H](O)[C@@H](O)[C@@H](O)[C@H](O)CO. The van der Waals surface area contributed by atoms with Gasteiger partial charge in [-0.3, -0.25) is 4.79 Å². The maximum Gasteiger partial charge on any atom is 0.260 e. The van der Waals surface area contributed by atoms with Crippen LogP contribution >= 0.6 is 0 Å². The predicted molar refractivity (Wildman–Crippen MR) is 139 cm³/mol. The highest BCUT2D eigenvalue weighted by Crippen LogP contribution is 2.44. The molecule has 38 heavy (non-hydrogen) atoms. The van der Waals surface area contributed by atoms with Crippen LogP contribution in [0.5, 0.6) is 0 Å². The lowest BCUT2D eigenvalue weighted by atomic mass is 9.91. The Hall–Kier alpha value is -3.12. The summed E-state index contributed by atoms with van der Waals surface area (Å²) >= 11 is 0. The second kappa shape index (κ2) is 10.9. The molecule has 2 heterocycles. The van der Waals surface area contributed by atoms with Gasteiger partial charge >= 0.3 is 0 Å². The van der Waals surface area contributed by atoms with Crippen LogP contribution in [0.25, 0.3) is 11.1 Å². The first-order chi connectivity index (χ1) is 17.9. The van der Waals surface area contributed by atoms with Crippen LogP contribution in [-0.4, -0.2) is 74.1 Å². The number of amides is 1. The van der Waals surface area contributed by atoms with Crippen LogP contribution in [0.15, 0.2) is 54.3 Å². The Morgan fingerprint density at radius 3 is 2.37 bits per heavy atom. The Morgan fingerprint density at radius 1 is 1.03 bits per heavy atom. The van der Waals surface area contributed by atoms with Crippen LogP contribution in [0.1, 0.15) is 37.5 Å². The summed E-state index contributed by atoms with van der Waals surface area (Å²) in [6.45, 7) is 5.01. The molecule has 0 aromatic heterocycles. The molecule has 2 aromatic rings. The number of carbonyl (C=O) groups is 1. The van der Waals surface area contributed by atoms with Gasteiger partial charge in [0.25, 0.3) is 5.91 Å². The van der Waals surface area contributed by atoms with Gasteiger partial charge in [0.15, 0.2) is 0 Å². The number of aliphatic hydroxyl groups is 5. The van der Waals surface area contributed by atoms with Crippen LogP contribution in [0, 0.1) is 5.82 Å². The van der Waals surface area contributed by atoms with E-state index in [1.54, 1.807) is 13.0 Å². The number of ether oxygens (including phenoxy) is 1. The number of rotatable bonds is 9. The van der Waals surface area contributed by atoms with Gasteiger partial charge in [0.05, 0.1) is 18.3 Å². The van der Waals surface area contributed by atoms with Gasteiger partial charge in [0.1, 0.15) is 35.5 Å². The molecule has 1 amide bonds. The third kappa shape index (κ3) is 5.51. The lowest BCUT2D eigenvalue weighted by Crippen LogP contribution is -2.52. The summed E-state index contributed by atoms with van der Waals surface area (Å²) in [5.41, 5.74) is 3.14. The van der Waals surface area contributed by atoms with Crippen molar-refractivity contribution >= 4 is 22.7 Å². The number of fused-ring (bicyclic) bond motifs is 1. The fourth-order valence-electron chi connectivity index (χ4n) is 4.64.